The first kappa shape index (κ1) is 12.9. The summed E-state index contributed by atoms with van der Waals surface area (Å²) in [4.78, 5) is 10.6. The molecule has 0 heterocycles. The lowest BCUT2D eigenvalue weighted by Crippen LogP contribution is -2.04. The fourth-order valence-electron chi connectivity index (χ4n) is 1.68. The van der Waals surface area contributed by atoms with E-state index in [0.717, 1.165) is 6.07 Å². The van der Waals surface area contributed by atoms with Crippen LogP contribution in [0.1, 0.15) is 0 Å². The van der Waals surface area contributed by atoms with Crippen molar-refractivity contribution in [2.75, 3.05) is 7.11 Å². The zero-order valence-corrected chi connectivity index (χ0v) is 10.1. The van der Waals surface area contributed by atoms with Crippen LogP contribution in [-0.4, -0.2) is 18.4 Å². The van der Waals surface area contributed by atoms with Gasteiger partial charge in [-0.3, -0.25) is 0 Å². The number of carboxylic acid groups (broad SMARTS) is 1. The lowest BCUT2D eigenvalue weighted by molar-refractivity contribution is 0.144. The summed E-state index contributed by atoms with van der Waals surface area (Å²) in [5, 5.41) is 8.65. The van der Waals surface area contributed by atoms with Gasteiger partial charge in [-0.1, -0.05) is 12.1 Å². The maximum atomic E-state index is 13.3. The third kappa shape index (κ3) is 3.01. The van der Waals surface area contributed by atoms with Crippen molar-refractivity contribution in [2.24, 2.45) is 0 Å². The highest BCUT2D eigenvalue weighted by atomic mass is 19.1. The number of benzene rings is 2. The minimum absolute atomic E-state index is 0.0825. The molecule has 0 unspecified atom stereocenters. The van der Waals surface area contributed by atoms with Crippen LogP contribution >= 0.6 is 0 Å². The standard InChI is InChI=1S/C14H11FO4/c1-18-11-5-2-9(3-6-11)12-8-10(15)4-7-13(12)19-14(16)17/h2-8H,1H3,(H,16,17). The van der Waals surface area contributed by atoms with Crippen molar-refractivity contribution < 1.29 is 23.8 Å². The first-order valence-electron chi connectivity index (χ1n) is 5.45. The Morgan fingerprint density at radius 3 is 2.42 bits per heavy atom. The van der Waals surface area contributed by atoms with E-state index in [1.54, 1.807) is 24.3 Å². The van der Waals surface area contributed by atoms with Gasteiger partial charge in [-0.2, -0.15) is 0 Å². The third-order valence-corrected chi connectivity index (χ3v) is 2.54. The maximum Gasteiger partial charge on any atom is 0.511 e. The largest absolute Gasteiger partial charge is 0.511 e. The molecule has 0 aliphatic heterocycles. The van der Waals surface area contributed by atoms with E-state index in [0.29, 0.717) is 16.9 Å². The van der Waals surface area contributed by atoms with Gasteiger partial charge < -0.3 is 14.6 Å². The van der Waals surface area contributed by atoms with Gasteiger partial charge in [-0.15, -0.1) is 0 Å². The van der Waals surface area contributed by atoms with Gasteiger partial charge >= 0.3 is 6.16 Å². The Balaban J connectivity index is 2.46. The fraction of sp³-hybridized carbons (Fsp3) is 0.0714. The van der Waals surface area contributed by atoms with E-state index in [4.69, 9.17) is 9.84 Å². The van der Waals surface area contributed by atoms with Gasteiger partial charge in [0.15, 0.2) is 0 Å². The van der Waals surface area contributed by atoms with Gasteiger partial charge in [-0.05, 0) is 35.9 Å². The SMILES string of the molecule is COc1ccc(-c2cc(F)ccc2OC(=O)O)cc1. The van der Waals surface area contributed by atoms with Crippen molar-refractivity contribution in [2.45, 2.75) is 0 Å². The van der Waals surface area contributed by atoms with Crippen molar-refractivity contribution in [1.29, 1.82) is 0 Å². The summed E-state index contributed by atoms with van der Waals surface area (Å²) in [5.41, 5.74) is 1.00. The number of hydrogen-bond donors (Lipinski definition) is 1. The molecular weight excluding hydrogens is 251 g/mol. The second-order valence-electron chi connectivity index (χ2n) is 3.74. The minimum Gasteiger partial charge on any atom is -0.497 e. The monoisotopic (exact) mass is 262 g/mol. The lowest BCUT2D eigenvalue weighted by atomic mass is 10.0. The molecule has 0 amide bonds. The second kappa shape index (κ2) is 5.39. The average Bonchev–Trinajstić information content (AvgIpc) is 2.40. The number of carbonyl (C=O) groups is 1. The first-order chi connectivity index (χ1) is 9.10. The summed E-state index contributed by atoms with van der Waals surface area (Å²) >= 11 is 0. The molecule has 0 bridgehead atoms. The summed E-state index contributed by atoms with van der Waals surface area (Å²) in [6.45, 7) is 0. The van der Waals surface area contributed by atoms with Crippen molar-refractivity contribution >= 4 is 6.16 Å². The summed E-state index contributed by atoms with van der Waals surface area (Å²) in [7, 11) is 1.54. The summed E-state index contributed by atoms with van der Waals surface area (Å²) < 4.78 is 22.9. The Morgan fingerprint density at radius 2 is 1.84 bits per heavy atom. The van der Waals surface area contributed by atoms with E-state index in [1.165, 1.54) is 19.2 Å². The van der Waals surface area contributed by atoms with Gasteiger partial charge in [0.25, 0.3) is 0 Å². The van der Waals surface area contributed by atoms with E-state index in [9.17, 15) is 9.18 Å². The lowest BCUT2D eigenvalue weighted by Gasteiger charge is -2.09. The third-order valence-electron chi connectivity index (χ3n) is 2.54. The first-order valence-corrected chi connectivity index (χ1v) is 5.45. The molecule has 5 heteroatoms. The molecule has 0 saturated carbocycles. The molecule has 19 heavy (non-hydrogen) atoms. The van der Waals surface area contributed by atoms with Crippen LogP contribution in [0.3, 0.4) is 0 Å². The highest BCUT2D eigenvalue weighted by Gasteiger charge is 2.11. The van der Waals surface area contributed by atoms with Crippen LogP contribution in [0.5, 0.6) is 11.5 Å². The Kier molecular flexibility index (Phi) is 3.66. The van der Waals surface area contributed by atoms with Gasteiger partial charge in [0.05, 0.1) is 7.11 Å². The molecule has 2 aromatic rings. The van der Waals surface area contributed by atoms with Crippen LogP contribution in [0.25, 0.3) is 11.1 Å². The van der Waals surface area contributed by atoms with E-state index in [-0.39, 0.29) is 5.75 Å². The molecule has 4 nitrogen and oxygen atoms in total. The zero-order valence-electron chi connectivity index (χ0n) is 10.1. The van der Waals surface area contributed by atoms with Crippen LogP contribution < -0.4 is 9.47 Å². The number of hydrogen-bond acceptors (Lipinski definition) is 3. The van der Waals surface area contributed by atoms with E-state index >= 15 is 0 Å². The summed E-state index contributed by atoms with van der Waals surface area (Å²) in [6, 6.07) is 10.4. The van der Waals surface area contributed by atoms with Crippen molar-refractivity contribution in [1.82, 2.24) is 0 Å². The number of ether oxygens (including phenoxy) is 2. The molecule has 98 valence electrons. The van der Waals surface area contributed by atoms with Crippen LogP contribution in [0.15, 0.2) is 42.5 Å². The van der Waals surface area contributed by atoms with Crippen molar-refractivity contribution in [3.63, 3.8) is 0 Å². The second-order valence-corrected chi connectivity index (χ2v) is 3.74. The zero-order chi connectivity index (χ0) is 13.8. The smallest absolute Gasteiger partial charge is 0.497 e. The molecule has 2 aromatic carbocycles. The molecule has 0 atom stereocenters. The molecular formula is C14H11FO4. The highest BCUT2D eigenvalue weighted by Crippen LogP contribution is 2.32. The quantitative estimate of drug-likeness (QED) is 0.678. The topological polar surface area (TPSA) is 55.8 Å². The summed E-state index contributed by atoms with van der Waals surface area (Å²) in [6.07, 6.45) is -1.44. The van der Waals surface area contributed by atoms with Crippen LogP contribution in [0.2, 0.25) is 0 Å². The average molecular weight is 262 g/mol. The van der Waals surface area contributed by atoms with Crippen LogP contribution in [0, 0.1) is 5.82 Å². The van der Waals surface area contributed by atoms with Gasteiger partial charge in [0.1, 0.15) is 17.3 Å². The Morgan fingerprint density at radius 1 is 1.16 bits per heavy atom. The number of methoxy groups -OCH3 is 1. The minimum atomic E-state index is -1.44. The molecule has 0 fully saturated rings. The predicted molar refractivity (Wildman–Crippen MR) is 67.0 cm³/mol. The van der Waals surface area contributed by atoms with Gasteiger partial charge in [-0.25, -0.2) is 9.18 Å². The molecule has 2 rings (SSSR count). The molecule has 0 aliphatic rings. The number of rotatable bonds is 3. The summed E-state index contributed by atoms with van der Waals surface area (Å²) in [5.74, 6) is 0.267. The fourth-order valence-corrected chi connectivity index (χ4v) is 1.68. The molecule has 0 radical (unpaired) electrons. The number of halogens is 1. The molecule has 0 aliphatic carbocycles. The van der Waals surface area contributed by atoms with E-state index < -0.39 is 12.0 Å². The molecule has 0 spiro atoms. The highest BCUT2D eigenvalue weighted by molar-refractivity contribution is 5.74. The van der Waals surface area contributed by atoms with E-state index in [2.05, 4.69) is 4.74 Å². The van der Waals surface area contributed by atoms with E-state index in [1.807, 2.05) is 0 Å². The Bertz CT molecular complexity index is 593. The van der Waals surface area contributed by atoms with Crippen molar-refractivity contribution in [3.05, 3.63) is 48.3 Å². The normalized spacial score (nSPS) is 10.0. The predicted octanol–water partition coefficient (Wildman–Crippen LogP) is 3.56. The van der Waals surface area contributed by atoms with Crippen LogP contribution in [-0.2, 0) is 0 Å². The van der Waals surface area contributed by atoms with Gasteiger partial charge in [0, 0.05) is 5.56 Å². The van der Waals surface area contributed by atoms with Gasteiger partial charge in [0.2, 0.25) is 0 Å². The maximum absolute atomic E-state index is 13.3. The molecule has 0 saturated heterocycles. The van der Waals surface area contributed by atoms with Crippen LogP contribution in [0.4, 0.5) is 9.18 Å². The van der Waals surface area contributed by atoms with Crippen molar-refractivity contribution in [3.8, 4) is 22.6 Å². The Hall–Kier alpha value is -2.56. The molecule has 1 N–H and O–H groups in total. The molecule has 0 aromatic heterocycles. The Labute approximate surface area is 109 Å².